The van der Waals surface area contributed by atoms with E-state index in [1.807, 2.05) is 36.5 Å². The first kappa shape index (κ1) is 13.2. The highest BCUT2D eigenvalue weighted by Gasteiger charge is 2.08. The third-order valence-corrected chi connectivity index (χ3v) is 3.53. The second-order valence-corrected chi connectivity index (χ2v) is 4.99. The molecular weight excluding hydrogens is 262 g/mol. The molecule has 0 saturated heterocycles. The predicted octanol–water partition coefficient (Wildman–Crippen LogP) is 3.32. The summed E-state index contributed by atoms with van der Waals surface area (Å²) < 4.78 is 0. The zero-order valence-corrected chi connectivity index (χ0v) is 11.6. The first-order valence-electron chi connectivity index (χ1n) is 6.93. The van der Waals surface area contributed by atoms with Crippen molar-refractivity contribution in [1.29, 1.82) is 0 Å². The molecule has 0 spiro atoms. The maximum absolute atomic E-state index is 12.0. The molecule has 0 unspecified atom stereocenters. The van der Waals surface area contributed by atoms with E-state index in [0.717, 1.165) is 11.1 Å². The standard InChI is InChI=1S/C17H17N3O/c18-14-6-2-4-8-16(14)20-17(21)10-9-12-11-19-15-7-3-1-5-13(12)15/h1-8,11,19H,9-10,18H2,(H,20,21). The Kier molecular flexibility index (Phi) is 3.60. The maximum Gasteiger partial charge on any atom is 0.224 e. The van der Waals surface area contributed by atoms with Crippen LogP contribution in [-0.2, 0) is 11.2 Å². The van der Waals surface area contributed by atoms with Crippen LogP contribution in [-0.4, -0.2) is 10.9 Å². The predicted molar refractivity (Wildman–Crippen MR) is 86.1 cm³/mol. The number of aromatic amines is 1. The third-order valence-electron chi connectivity index (χ3n) is 3.53. The van der Waals surface area contributed by atoms with Crippen molar-refractivity contribution in [3.8, 4) is 0 Å². The van der Waals surface area contributed by atoms with Crippen molar-refractivity contribution >= 4 is 28.2 Å². The van der Waals surface area contributed by atoms with Gasteiger partial charge in [-0.25, -0.2) is 0 Å². The molecule has 0 fully saturated rings. The van der Waals surface area contributed by atoms with Gasteiger partial charge in [0.25, 0.3) is 0 Å². The highest BCUT2D eigenvalue weighted by atomic mass is 16.1. The minimum absolute atomic E-state index is 0.0295. The number of carbonyl (C=O) groups is 1. The van der Waals surface area contributed by atoms with Crippen LogP contribution in [0.25, 0.3) is 10.9 Å². The highest BCUT2D eigenvalue weighted by Crippen LogP contribution is 2.20. The quantitative estimate of drug-likeness (QED) is 0.641. The summed E-state index contributed by atoms with van der Waals surface area (Å²) in [7, 11) is 0. The molecule has 1 amide bonds. The van der Waals surface area contributed by atoms with Crippen LogP contribution >= 0.6 is 0 Å². The lowest BCUT2D eigenvalue weighted by molar-refractivity contribution is -0.116. The summed E-state index contributed by atoms with van der Waals surface area (Å²) in [4.78, 5) is 15.2. The van der Waals surface area contributed by atoms with Crippen LogP contribution in [0.4, 0.5) is 11.4 Å². The number of nitrogens with one attached hydrogen (secondary N) is 2. The Labute approximate surface area is 123 Å². The van der Waals surface area contributed by atoms with Crippen LogP contribution < -0.4 is 11.1 Å². The molecule has 3 aromatic rings. The molecule has 4 nitrogen and oxygen atoms in total. The van der Waals surface area contributed by atoms with Gasteiger partial charge < -0.3 is 16.0 Å². The lowest BCUT2D eigenvalue weighted by Gasteiger charge is -2.07. The zero-order chi connectivity index (χ0) is 14.7. The van der Waals surface area contributed by atoms with E-state index in [4.69, 9.17) is 5.73 Å². The Morgan fingerprint density at radius 3 is 2.71 bits per heavy atom. The topological polar surface area (TPSA) is 70.9 Å². The van der Waals surface area contributed by atoms with Crippen molar-refractivity contribution < 1.29 is 4.79 Å². The van der Waals surface area contributed by atoms with Crippen molar-refractivity contribution in [2.75, 3.05) is 11.1 Å². The molecule has 0 aliphatic heterocycles. The molecule has 21 heavy (non-hydrogen) atoms. The number of aryl methyl sites for hydroxylation is 1. The summed E-state index contributed by atoms with van der Waals surface area (Å²) in [5.74, 6) is -0.0295. The number of H-pyrrole nitrogens is 1. The Hall–Kier alpha value is -2.75. The first-order valence-corrected chi connectivity index (χ1v) is 6.93. The number of para-hydroxylation sites is 3. The number of nitrogens with two attached hydrogens (primary N) is 1. The van der Waals surface area contributed by atoms with Crippen molar-refractivity contribution in [2.24, 2.45) is 0 Å². The number of rotatable bonds is 4. The van der Waals surface area contributed by atoms with E-state index in [1.165, 1.54) is 5.39 Å². The SMILES string of the molecule is Nc1ccccc1NC(=O)CCc1c[nH]c2ccccc12. The van der Waals surface area contributed by atoms with Crippen LogP contribution in [0.1, 0.15) is 12.0 Å². The molecule has 0 aliphatic rings. The van der Waals surface area contributed by atoms with Gasteiger partial charge in [0.1, 0.15) is 0 Å². The number of aromatic nitrogens is 1. The Morgan fingerprint density at radius 1 is 1.10 bits per heavy atom. The van der Waals surface area contributed by atoms with E-state index in [-0.39, 0.29) is 5.91 Å². The van der Waals surface area contributed by atoms with Crippen LogP contribution in [0.3, 0.4) is 0 Å². The molecule has 2 aromatic carbocycles. The van der Waals surface area contributed by atoms with E-state index in [2.05, 4.69) is 16.4 Å². The first-order chi connectivity index (χ1) is 10.2. The molecule has 4 heteroatoms. The van der Waals surface area contributed by atoms with Gasteiger partial charge in [0.05, 0.1) is 11.4 Å². The van der Waals surface area contributed by atoms with Gasteiger partial charge in [-0.1, -0.05) is 30.3 Å². The van der Waals surface area contributed by atoms with Crippen LogP contribution in [0.5, 0.6) is 0 Å². The molecule has 4 N–H and O–H groups in total. The maximum atomic E-state index is 12.0. The monoisotopic (exact) mass is 279 g/mol. The molecule has 0 aliphatic carbocycles. The molecular formula is C17H17N3O. The average Bonchev–Trinajstić information content (AvgIpc) is 2.91. The fourth-order valence-corrected chi connectivity index (χ4v) is 2.41. The van der Waals surface area contributed by atoms with E-state index in [9.17, 15) is 4.79 Å². The number of hydrogen-bond acceptors (Lipinski definition) is 2. The van der Waals surface area contributed by atoms with Gasteiger partial charge in [-0.05, 0) is 30.2 Å². The number of nitrogen functional groups attached to an aromatic ring is 1. The number of carbonyl (C=O) groups excluding carboxylic acids is 1. The number of benzene rings is 2. The Morgan fingerprint density at radius 2 is 1.86 bits per heavy atom. The van der Waals surface area contributed by atoms with Gasteiger partial charge in [-0.2, -0.15) is 0 Å². The summed E-state index contributed by atoms with van der Waals surface area (Å²) in [5.41, 5.74) is 9.32. The van der Waals surface area contributed by atoms with Crippen LogP contribution in [0.2, 0.25) is 0 Å². The molecule has 3 rings (SSSR count). The van der Waals surface area contributed by atoms with Crippen molar-refractivity contribution in [2.45, 2.75) is 12.8 Å². The Bertz CT molecular complexity index is 776. The van der Waals surface area contributed by atoms with Crippen LogP contribution in [0, 0.1) is 0 Å². The second kappa shape index (κ2) is 5.71. The fourth-order valence-electron chi connectivity index (χ4n) is 2.41. The average molecular weight is 279 g/mol. The summed E-state index contributed by atoms with van der Waals surface area (Å²) in [5, 5.41) is 4.02. The van der Waals surface area contributed by atoms with Gasteiger partial charge in [-0.15, -0.1) is 0 Å². The fraction of sp³-hybridized carbons (Fsp3) is 0.118. The normalized spacial score (nSPS) is 10.7. The second-order valence-electron chi connectivity index (χ2n) is 4.99. The molecule has 1 heterocycles. The van der Waals surface area contributed by atoms with Gasteiger partial charge in [0, 0.05) is 23.5 Å². The number of fused-ring (bicyclic) bond motifs is 1. The summed E-state index contributed by atoms with van der Waals surface area (Å²) in [6, 6.07) is 15.4. The molecule has 0 atom stereocenters. The minimum atomic E-state index is -0.0295. The molecule has 0 saturated carbocycles. The van der Waals surface area contributed by atoms with Crippen molar-refractivity contribution in [3.05, 3.63) is 60.3 Å². The minimum Gasteiger partial charge on any atom is -0.397 e. The summed E-state index contributed by atoms with van der Waals surface area (Å²) >= 11 is 0. The Balaban J connectivity index is 1.65. The highest BCUT2D eigenvalue weighted by molar-refractivity contribution is 5.94. The van der Waals surface area contributed by atoms with E-state index >= 15 is 0 Å². The third kappa shape index (κ3) is 2.89. The lowest BCUT2D eigenvalue weighted by Crippen LogP contribution is -2.13. The van der Waals surface area contributed by atoms with E-state index in [0.29, 0.717) is 24.2 Å². The summed E-state index contributed by atoms with van der Waals surface area (Å²) in [6.45, 7) is 0. The van der Waals surface area contributed by atoms with Gasteiger partial charge in [0.15, 0.2) is 0 Å². The lowest BCUT2D eigenvalue weighted by atomic mass is 10.1. The summed E-state index contributed by atoms with van der Waals surface area (Å²) in [6.07, 6.45) is 3.09. The van der Waals surface area contributed by atoms with Crippen LogP contribution in [0.15, 0.2) is 54.7 Å². The number of hydrogen-bond donors (Lipinski definition) is 3. The largest absolute Gasteiger partial charge is 0.397 e. The van der Waals surface area contributed by atoms with Crippen molar-refractivity contribution in [3.63, 3.8) is 0 Å². The van der Waals surface area contributed by atoms with Crippen molar-refractivity contribution in [1.82, 2.24) is 4.98 Å². The number of amides is 1. The molecule has 0 bridgehead atoms. The van der Waals surface area contributed by atoms with E-state index < -0.39 is 0 Å². The van der Waals surface area contributed by atoms with Gasteiger partial charge in [0.2, 0.25) is 5.91 Å². The molecule has 106 valence electrons. The van der Waals surface area contributed by atoms with Gasteiger partial charge >= 0.3 is 0 Å². The zero-order valence-electron chi connectivity index (χ0n) is 11.6. The van der Waals surface area contributed by atoms with E-state index in [1.54, 1.807) is 12.1 Å². The van der Waals surface area contributed by atoms with Gasteiger partial charge in [-0.3, -0.25) is 4.79 Å². The smallest absolute Gasteiger partial charge is 0.224 e. The molecule has 0 radical (unpaired) electrons. The number of anilines is 2. The molecule has 1 aromatic heterocycles.